The molecule has 0 atom stereocenters. The van der Waals surface area contributed by atoms with Crippen molar-refractivity contribution in [2.24, 2.45) is 5.92 Å². The van der Waals surface area contributed by atoms with Gasteiger partial charge in [0, 0.05) is 42.2 Å². The third kappa shape index (κ3) is 4.73. The maximum Gasteiger partial charge on any atom is 0.230 e. The molecule has 5 heteroatoms. The van der Waals surface area contributed by atoms with Gasteiger partial charge in [-0.3, -0.25) is 14.4 Å². The lowest BCUT2D eigenvalue weighted by Gasteiger charge is -2.30. The van der Waals surface area contributed by atoms with Crippen molar-refractivity contribution in [3.05, 3.63) is 59.7 Å². The molecule has 1 aliphatic heterocycles. The maximum atomic E-state index is 12.6. The Bertz CT molecular complexity index is 919. The zero-order valence-electron chi connectivity index (χ0n) is 16.5. The largest absolute Gasteiger partial charge is 0.326 e. The van der Waals surface area contributed by atoms with Crippen molar-refractivity contribution in [3.63, 3.8) is 0 Å². The molecule has 1 N–H and O–H groups in total. The molecule has 0 aromatic heterocycles. The van der Waals surface area contributed by atoms with E-state index in [1.54, 1.807) is 12.1 Å². The molecule has 1 fully saturated rings. The van der Waals surface area contributed by atoms with Crippen LogP contribution in [0.25, 0.3) is 0 Å². The smallest absolute Gasteiger partial charge is 0.230 e. The van der Waals surface area contributed by atoms with Gasteiger partial charge in [0.25, 0.3) is 0 Å². The molecule has 5 nitrogen and oxygen atoms in total. The average molecular weight is 390 g/mol. The molecule has 2 aliphatic rings. The number of hydrogen-bond acceptors (Lipinski definition) is 3. The molecule has 1 saturated carbocycles. The standard InChI is InChI=1S/C24H26N2O3/c27-22(18-6-2-1-3-7-18)9-4-10-23(28)25-20-14-13-17-8-5-15-26(21(17)16-20)24(29)19-11-12-19/h1-3,6-7,13-14,16,19H,4-5,8-12,15H2,(H,25,28). The Morgan fingerprint density at radius 1 is 1.00 bits per heavy atom. The van der Waals surface area contributed by atoms with Gasteiger partial charge in [-0.1, -0.05) is 36.4 Å². The molecule has 2 aromatic carbocycles. The molecule has 0 saturated heterocycles. The summed E-state index contributed by atoms with van der Waals surface area (Å²) in [4.78, 5) is 38.9. The summed E-state index contributed by atoms with van der Waals surface area (Å²) >= 11 is 0. The van der Waals surface area contributed by atoms with Crippen molar-refractivity contribution >= 4 is 29.0 Å². The number of nitrogens with zero attached hydrogens (tertiary/aromatic N) is 1. The van der Waals surface area contributed by atoms with Crippen LogP contribution in [0.4, 0.5) is 11.4 Å². The molecule has 0 spiro atoms. The summed E-state index contributed by atoms with van der Waals surface area (Å²) in [5.41, 5.74) is 3.49. The number of ketones is 1. The van der Waals surface area contributed by atoms with Crippen LogP contribution in [0.5, 0.6) is 0 Å². The second kappa shape index (κ2) is 8.60. The van der Waals surface area contributed by atoms with E-state index in [0.717, 1.165) is 43.5 Å². The molecule has 0 unspecified atom stereocenters. The minimum absolute atomic E-state index is 0.0569. The highest BCUT2D eigenvalue weighted by Crippen LogP contribution is 2.36. The second-order valence-electron chi connectivity index (χ2n) is 7.90. The normalized spacial score (nSPS) is 15.5. The molecule has 0 radical (unpaired) electrons. The van der Waals surface area contributed by atoms with Gasteiger partial charge >= 0.3 is 0 Å². The Hall–Kier alpha value is -2.95. The maximum absolute atomic E-state index is 12.6. The minimum Gasteiger partial charge on any atom is -0.326 e. The van der Waals surface area contributed by atoms with E-state index < -0.39 is 0 Å². The fraction of sp³-hybridized carbons (Fsp3) is 0.375. The topological polar surface area (TPSA) is 66.5 Å². The van der Waals surface area contributed by atoms with Crippen LogP contribution in [0.15, 0.2) is 48.5 Å². The number of fused-ring (bicyclic) bond motifs is 1. The van der Waals surface area contributed by atoms with Crippen LogP contribution >= 0.6 is 0 Å². The lowest BCUT2D eigenvalue weighted by molar-refractivity contribution is -0.120. The number of nitrogens with one attached hydrogen (secondary N) is 1. The van der Waals surface area contributed by atoms with E-state index in [1.807, 2.05) is 41.3 Å². The van der Waals surface area contributed by atoms with E-state index in [-0.39, 0.29) is 23.5 Å². The second-order valence-corrected chi connectivity index (χ2v) is 7.90. The molecule has 1 heterocycles. The van der Waals surface area contributed by atoms with Gasteiger partial charge in [0.05, 0.1) is 0 Å². The Labute approximate surface area is 171 Å². The highest BCUT2D eigenvalue weighted by molar-refractivity contribution is 5.99. The fourth-order valence-electron chi connectivity index (χ4n) is 3.83. The number of carbonyl (C=O) groups is 3. The third-order valence-corrected chi connectivity index (χ3v) is 5.58. The number of hydrogen-bond donors (Lipinski definition) is 1. The van der Waals surface area contributed by atoms with Crippen LogP contribution in [-0.4, -0.2) is 24.1 Å². The van der Waals surface area contributed by atoms with Gasteiger partial charge in [-0.15, -0.1) is 0 Å². The predicted octanol–water partition coefficient (Wildman–Crippen LogP) is 4.37. The molecular weight excluding hydrogens is 364 g/mol. The average Bonchev–Trinajstić information content (AvgIpc) is 3.59. The van der Waals surface area contributed by atoms with Gasteiger partial charge in [-0.05, 0) is 49.8 Å². The van der Waals surface area contributed by atoms with E-state index in [0.29, 0.717) is 30.5 Å². The number of carbonyl (C=O) groups excluding carboxylic acids is 3. The quantitative estimate of drug-likeness (QED) is 0.714. The van der Waals surface area contributed by atoms with Gasteiger partial charge in [0.15, 0.2) is 5.78 Å². The molecule has 4 rings (SSSR count). The Morgan fingerprint density at radius 2 is 1.79 bits per heavy atom. The van der Waals surface area contributed by atoms with Crippen LogP contribution < -0.4 is 10.2 Å². The minimum atomic E-state index is -0.110. The zero-order chi connectivity index (χ0) is 20.2. The molecule has 1 aliphatic carbocycles. The van der Waals surface area contributed by atoms with Gasteiger partial charge in [0.2, 0.25) is 11.8 Å². The van der Waals surface area contributed by atoms with Crippen molar-refractivity contribution in [1.29, 1.82) is 0 Å². The molecule has 2 amide bonds. The van der Waals surface area contributed by atoms with Crippen LogP contribution in [0.2, 0.25) is 0 Å². The summed E-state index contributed by atoms with van der Waals surface area (Å²) in [6.45, 7) is 0.751. The van der Waals surface area contributed by atoms with Crippen molar-refractivity contribution in [1.82, 2.24) is 0 Å². The van der Waals surface area contributed by atoms with Gasteiger partial charge in [0.1, 0.15) is 0 Å². The van der Waals surface area contributed by atoms with Crippen LogP contribution in [0.1, 0.15) is 54.4 Å². The Balaban J connectivity index is 1.33. The van der Waals surface area contributed by atoms with Crippen molar-refractivity contribution < 1.29 is 14.4 Å². The SMILES string of the molecule is O=C(CCCC(=O)c1ccccc1)Nc1ccc2c(c1)N(C(=O)C1CC1)CCC2. The third-order valence-electron chi connectivity index (χ3n) is 5.58. The van der Waals surface area contributed by atoms with E-state index in [2.05, 4.69) is 5.32 Å². The number of aryl methyl sites for hydroxylation is 1. The van der Waals surface area contributed by atoms with Gasteiger partial charge in [-0.2, -0.15) is 0 Å². The number of benzene rings is 2. The molecule has 150 valence electrons. The van der Waals surface area contributed by atoms with E-state index in [9.17, 15) is 14.4 Å². The number of anilines is 2. The first-order valence-corrected chi connectivity index (χ1v) is 10.4. The summed E-state index contributed by atoms with van der Waals surface area (Å²) in [5.74, 6) is 0.346. The zero-order valence-corrected chi connectivity index (χ0v) is 16.5. The monoisotopic (exact) mass is 390 g/mol. The lowest BCUT2D eigenvalue weighted by atomic mass is 10.0. The highest BCUT2D eigenvalue weighted by atomic mass is 16.2. The summed E-state index contributed by atoms with van der Waals surface area (Å²) in [6.07, 6.45) is 5.07. The van der Waals surface area contributed by atoms with Crippen molar-refractivity contribution in [2.45, 2.75) is 44.9 Å². The van der Waals surface area contributed by atoms with E-state index in [1.165, 1.54) is 0 Å². The first-order valence-electron chi connectivity index (χ1n) is 10.4. The van der Waals surface area contributed by atoms with Gasteiger partial charge in [-0.25, -0.2) is 0 Å². The first-order chi connectivity index (χ1) is 14.1. The summed E-state index contributed by atoms with van der Waals surface area (Å²) < 4.78 is 0. The van der Waals surface area contributed by atoms with Crippen molar-refractivity contribution in [3.8, 4) is 0 Å². The molecule has 0 bridgehead atoms. The molecule has 29 heavy (non-hydrogen) atoms. The summed E-state index contributed by atoms with van der Waals surface area (Å²) in [6, 6.07) is 15.0. The van der Waals surface area contributed by atoms with E-state index >= 15 is 0 Å². The Kier molecular flexibility index (Phi) is 5.74. The molecular formula is C24H26N2O3. The molecule has 2 aromatic rings. The van der Waals surface area contributed by atoms with Gasteiger partial charge < -0.3 is 10.2 Å². The highest BCUT2D eigenvalue weighted by Gasteiger charge is 2.35. The summed E-state index contributed by atoms with van der Waals surface area (Å²) in [7, 11) is 0. The number of Topliss-reactive ketones (excluding diaryl/α,β-unsaturated/α-hetero) is 1. The van der Waals surface area contributed by atoms with Crippen LogP contribution in [0, 0.1) is 5.92 Å². The lowest BCUT2D eigenvalue weighted by Crippen LogP contribution is -2.36. The summed E-state index contributed by atoms with van der Waals surface area (Å²) in [5, 5.41) is 2.92. The number of amides is 2. The van der Waals surface area contributed by atoms with Crippen molar-refractivity contribution in [2.75, 3.05) is 16.8 Å². The van der Waals surface area contributed by atoms with Crippen LogP contribution in [-0.2, 0) is 16.0 Å². The van der Waals surface area contributed by atoms with E-state index in [4.69, 9.17) is 0 Å². The first kappa shape index (κ1) is 19.4. The van der Waals surface area contributed by atoms with Crippen LogP contribution in [0.3, 0.4) is 0 Å². The number of rotatable bonds is 7. The predicted molar refractivity (Wildman–Crippen MR) is 113 cm³/mol. The fourth-order valence-corrected chi connectivity index (χ4v) is 3.83. The Morgan fingerprint density at radius 3 is 2.55 bits per heavy atom.